The van der Waals surface area contributed by atoms with E-state index in [0.29, 0.717) is 11.6 Å². The van der Waals surface area contributed by atoms with Gasteiger partial charge in [0.25, 0.3) is 0 Å². The highest BCUT2D eigenvalue weighted by Crippen LogP contribution is 2.28. The van der Waals surface area contributed by atoms with E-state index in [1.807, 2.05) is 5.38 Å². The number of hydrogen-bond donors (Lipinski definition) is 1. The van der Waals surface area contributed by atoms with Crippen molar-refractivity contribution in [2.24, 2.45) is 0 Å². The van der Waals surface area contributed by atoms with Crippen molar-refractivity contribution in [1.82, 2.24) is 30.5 Å². The van der Waals surface area contributed by atoms with Crippen molar-refractivity contribution in [3.05, 3.63) is 46.4 Å². The van der Waals surface area contributed by atoms with Crippen molar-refractivity contribution in [3.8, 4) is 11.4 Å². The van der Waals surface area contributed by atoms with Crippen molar-refractivity contribution in [2.75, 3.05) is 13.1 Å². The lowest BCUT2D eigenvalue weighted by molar-refractivity contribution is 0.286. The Hall–Kier alpha value is -2.39. The molecule has 0 bridgehead atoms. The molecule has 25 heavy (non-hydrogen) atoms. The van der Waals surface area contributed by atoms with Gasteiger partial charge in [-0.2, -0.15) is 0 Å². The van der Waals surface area contributed by atoms with E-state index in [1.54, 1.807) is 23.5 Å². The highest BCUT2D eigenvalue weighted by molar-refractivity contribution is 7.09. The van der Waals surface area contributed by atoms with Gasteiger partial charge >= 0.3 is 0 Å². The third-order valence-corrected chi connectivity index (χ3v) is 5.22. The van der Waals surface area contributed by atoms with E-state index < -0.39 is 5.82 Å². The van der Waals surface area contributed by atoms with Crippen molar-refractivity contribution < 1.29 is 9.13 Å². The van der Waals surface area contributed by atoms with E-state index in [4.69, 9.17) is 4.74 Å². The van der Waals surface area contributed by atoms with Gasteiger partial charge in [-0.05, 0) is 48.5 Å². The van der Waals surface area contributed by atoms with Crippen LogP contribution in [-0.2, 0) is 6.61 Å². The molecule has 1 aliphatic heterocycles. The second-order valence-electron chi connectivity index (χ2n) is 5.86. The molecule has 4 rings (SSSR count). The van der Waals surface area contributed by atoms with Gasteiger partial charge in [0.05, 0.1) is 16.4 Å². The molecule has 130 valence electrons. The highest BCUT2D eigenvalue weighted by atomic mass is 32.1. The van der Waals surface area contributed by atoms with Crippen LogP contribution in [0.25, 0.3) is 5.69 Å². The zero-order valence-electron chi connectivity index (χ0n) is 13.4. The summed E-state index contributed by atoms with van der Waals surface area (Å²) in [5.41, 5.74) is 1.37. The molecule has 0 unspecified atom stereocenters. The molecule has 0 atom stereocenters. The van der Waals surface area contributed by atoms with Crippen LogP contribution in [0.2, 0.25) is 0 Å². The summed E-state index contributed by atoms with van der Waals surface area (Å²) in [4.78, 5) is 4.65. The van der Waals surface area contributed by atoms with E-state index >= 15 is 0 Å². The fourth-order valence-corrected chi connectivity index (χ4v) is 3.80. The van der Waals surface area contributed by atoms with Crippen molar-refractivity contribution >= 4 is 11.3 Å². The van der Waals surface area contributed by atoms with Gasteiger partial charge in [0.15, 0.2) is 11.6 Å². The summed E-state index contributed by atoms with van der Waals surface area (Å²) in [6.07, 6.45) is 3.63. The van der Waals surface area contributed by atoms with Crippen molar-refractivity contribution in [3.63, 3.8) is 0 Å². The minimum Gasteiger partial charge on any atom is -0.484 e. The lowest BCUT2D eigenvalue weighted by Crippen LogP contribution is -2.26. The molecule has 9 heteroatoms. The maximum absolute atomic E-state index is 14.2. The van der Waals surface area contributed by atoms with Gasteiger partial charge in [0.1, 0.15) is 12.9 Å². The Morgan fingerprint density at radius 3 is 2.96 bits per heavy atom. The molecule has 3 aromatic rings. The van der Waals surface area contributed by atoms with E-state index in [9.17, 15) is 4.39 Å². The van der Waals surface area contributed by atoms with Gasteiger partial charge < -0.3 is 10.1 Å². The molecule has 1 saturated heterocycles. The molecule has 2 aromatic heterocycles. The van der Waals surface area contributed by atoms with Crippen LogP contribution in [0.4, 0.5) is 4.39 Å². The number of tetrazole rings is 1. The van der Waals surface area contributed by atoms with Crippen LogP contribution >= 0.6 is 11.3 Å². The quantitative estimate of drug-likeness (QED) is 0.752. The fourth-order valence-electron chi connectivity index (χ4n) is 2.83. The standard InChI is InChI=1S/C16H17FN6OS/c17-14-7-13(23-10-19-21-22-23)1-2-15(14)24-8-12-9-25-16(20-12)11-3-5-18-6-4-11/h1-2,7,9-11,18H,3-6,8H2. The van der Waals surface area contributed by atoms with Gasteiger partial charge in [0, 0.05) is 17.4 Å². The van der Waals surface area contributed by atoms with Crippen LogP contribution in [0.1, 0.15) is 29.5 Å². The average Bonchev–Trinajstić information content (AvgIpc) is 3.33. The van der Waals surface area contributed by atoms with Crippen molar-refractivity contribution in [1.29, 1.82) is 0 Å². The van der Waals surface area contributed by atoms with Gasteiger partial charge in [-0.25, -0.2) is 14.1 Å². The number of ether oxygens (including phenoxy) is 1. The topological polar surface area (TPSA) is 77.8 Å². The Morgan fingerprint density at radius 2 is 2.20 bits per heavy atom. The first-order valence-corrected chi connectivity index (χ1v) is 8.98. The first kappa shape index (κ1) is 16.1. The molecule has 1 aliphatic rings. The summed E-state index contributed by atoms with van der Waals surface area (Å²) < 4.78 is 21.2. The highest BCUT2D eigenvalue weighted by Gasteiger charge is 2.18. The summed E-state index contributed by atoms with van der Waals surface area (Å²) in [7, 11) is 0. The van der Waals surface area contributed by atoms with Crippen LogP contribution in [0.15, 0.2) is 29.9 Å². The summed E-state index contributed by atoms with van der Waals surface area (Å²) >= 11 is 1.66. The van der Waals surface area contributed by atoms with Crippen LogP contribution in [-0.4, -0.2) is 38.3 Å². The van der Waals surface area contributed by atoms with E-state index in [1.165, 1.54) is 17.1 Å². The summed E-state index contributed by atoms with van der Waals surface area (Å²) in [5, 5.41) is 17.3. The van der Waals surface area contributed by atoms with Crippen LogP contribution in [0.3, 0.4) is 0 Å². The number of hydrogen-bond acceptors (Lipinski definition) is 7. The molecule has 1 fully saturated rings. The fraction of sp³-hybridized carbons (Fsp3) is 0.375. The van der Waals surface area contributed by atoms with Gasteiger partial charge in [-0.15, -0.1) is 16.4 Å². The van der Waals surface area contributed by atoms with E-state index in [-0.39, 0.29) is 12.4 Å². The molecule has 0 spiro atoms. The summed E-state index contributed by atoms with van der Waals surface area (Å²) in [5.74, 6) is 0.252. The lowest BCUT2D eigenvalue weighted by Gasteiger charge is -2.20. The Morgan fingerprint density at radius 1 is 1.32 bits per heavy atom. The summed E-state index contributed by atoms with van der Waals surface area (Å²) in [6.45, 7) is 2.33. The smallest absolute Gasteiger partial charge is 0.167 e. The lowest BCUT2D eigenvalue weighted by atomic mass is 9.99. The van der Waals surface area contributed by atoms with Crippen LogP contribution < -0.4 is 10.1 Å². The van der Waals surface area contributed by atoms with E-state index in [0.717, 1.165) is 36.6 Å². The Balaban J connectivity index is 1.40. The van der Waals surface area contributed by atoms with Gasteiger partial charge in [-0.1, -0.05) is 0 Å². The predicted molar refractivity (Wildman–Crippen MR) is 90.4 cm³/mol. The summed E-state index contributed by atoms with van der Waals surface area (Å²) in [6, 6.07) is 4.62. The molecule has 0 amide bonds. The molecule has 3 heterocycles. The maximum atomic E-state index is 14.2. The minimum atomic E-state index is -0.457. The Kier molecular flexibility index (Phi) is 4.66. The third kappa shape index (κ3) is 3.67. The maximum Gasteiger partial charge on any atom is 0.167 e. The van der Waals surface area contributed by atoms with Crippen LogP contribution in [0, 0.1) is 5.82 Å². The number of halogens is 1. The molecule has 0 radical (unpaired) electrons. The number of nitrogens with one attached hydrogen (secondary N) is 1. The molecular formula is C16H17FN6OS. The second-order valence-corrected chi connectivity index (χ2v) is 6.75. The SMILES string of the molecule is Fc1cc(-n2cnnn2)ccc1OCc1csc(C2CCNCC2)n1. The average molecular weight is 360 g/mol. The number of piperidine rings is 1. The monoisotopic (exact) mass is 360 g/mol. The number of nitrogens with zero attached hydrogens (tertiary/aromatic N) is 5. The molecule has 7 nitrogen and oxygen atoms in total. The number of aromatic nitrogens is 5. The van der Waals surface area contributed by atoms with Gasteiger partial charge in [-0.3, -0.25) is 0 Å². The number of thiazole rings is 1. The molecular weight excluding hydrogens is 343 g/mol. The Labute approximate surface area is 147 Å². The normalized spacial score (nSPS) is 15.4. The molecule has 1 aromatic carbocycles. The van der Waals surface area contributed by atoms with Crippen molar-refractivity contribution in [2.45, 2.75) is 25.4 Å². The zero-order chi connectivity index (χ0) is 17.1. The molecule has 0 aliphatic carbocycles. The number of rotatable bonds is 5. The first-order chi connectivity index (χ1) is 12.3. The largest absolute Gasteiger partial charge is 0.484 e. The Bertz CT molecular complexity index is 831. The minimum absolute atomic E-state index is 0.188. The predicted octanol–water partition coefficient (Wildman–Crippen LogP) is 2.30. The van der Waals surface area contributed by atoms with Gasteiger partial charge in [0.2, 0.25) is 0 Å². The first-order valence-electron chi connectivity index (χ1n) is 8.10. The van der Waals surface area contributed by atoms with E-state index in [2.05, 4.69) is 25.8 Å². The zero-order valence-corrected chi connectivity index (χ0v) is 14.2. The molecule has 1 N–H and O–H groups in total. The van der Waals surface area contributed by atoms with Crippen LogP contribution in [0.5, 0.6) is 5.75 Å². The molecule has 0 saturated carbocycles. The third-order valence-electron chi connectivity index (χ3n) is 4.16. The second kappa shape index (κ2) is 7.24. The number of benzene rings is 1.